The van der Waals surface area contributed by atoms with Crippen molar-refractivity contribution in [2.75, 3.05) is 13.2 Å². The predicted octanol–water partition coefficient (Wildman–Crippen LogP) is 2.66. The molecular formula is C16H23ClF2N2O2. The molecule has 23 heavy (non-hydrogen) atoms. The predicted molar refractivity (Wildman–Crippen MR) is 86.9 cm³/mol. The van der Waals surface area contributed by atoms with E-state index in [-0.39, 0.29) is 42.6 Å². The minimum atomic E-state index is -0.745. The Balaban J connectivity index is 0.00000264. The summed E-state index contributed by atoms with van der Waals surface area (Å²) in [6.45, 7) is 4.83. The second-order valence-corrected chi connectivity index (χ2v) is 5.87. The Bertz CT molecular complexity index is 531. The molecule has 1 fully saturated rings. The van der Waals surface area contributed by atoms with E-state index < -0.39 is 11.6 Å². The van der Waals surface area contributed by atoms with Gasteiger partial charge in [-0.25, -0.2) is 8.78 Å². The number of nitrogens with one attached hydrogen (secondary N) is 2. The summed E-state index contributed by atoms with van der Waals surface area (Å²) in [5.41, 5.74) is 0. The lowest BCUT2D eigenvalue weighted by Crippen LogP contribution is -2.45. The summed E-state index contributed by atoms with van der Waals surface area (Å²) in [6.07, 6.45) is 1.63. The molecule has 0 radical (unpaired) electrons. The molecule has 1 heterocycles. The fourth-order valence-corrected chi connectivity index (χ4v) is 2.58. The van der Waals surface area contributed by atoms with Gasteiger partial charge in [0.15, 0.2) is 11.6 Å². The molecule has 3 atom stereocenters. The van der Waals surface area contributed by atoms with Crippen LogP contribution in [0.15, 0.2) is 18.2 Å². The van der Waals surface area contributed by atoms with E-state index in [1.807, 2.05) is 0 Å². The van der Waals surface area contributed by atoms with E-state index in [2.05, 4.69) is 17.6 Å². The number of carbonyl (C=O) groups excluding carboxylic acids is 1. The zero-order valence-electron chi connectivity index (χ0n) is 13.3. The van der Waals surface area contributed by atoms with Gasteiger partial charge in [-0.2, -0.15) is 0 Å². The van der Waals surface area contributed by atoms with Crippen LogP contribution in [0, 0.1) is 17.6 Å². The van der Waals surface area contributed by atoms with E-state index >= 15 is 0 Å². The third kappa shape index (κ3) is 5.95. The highest BCUT2D eigenvalue weighted by Gasteiger charge is 2.25. The number of rotatable bonds is 5. The minimum absolute atomic E-state index is 0. The molecule has 4 nitrogen and oxygen atoms in total. The van der Waals surface area contributed by atoms with Crippen LogP contribution in [0.25, 0.3) is 0 Å². The molecule has 1 aromatic carbocycles. The first-order valence-corrected chi connectivity index (χ1v) is 7.57. The van der Waals surface area contributed by atoms with E-state index in [4.69, 9.17) is 4.74 Å². The fourth-order valence-electron chi connectivity index (χ4n) is 2.58. The molecule has 2 rings (SSSR count). The Hall–Kier alpha value is -1.40. The van der Waals surface area contributed by atoms with Gasteiger partial charge >= 0.3 is 0 Å². The molecule has 0 aromatic heterocycles. The number of halogens is 3. The summed E-state index contributed by atoms with van der Waals surface area (Å²) >= 11 is 0. The van der Waals surface area contributed by atoms with Crippen LogP contribution >= 0.6 is 12.4 Å². The largest absolute Gasteiger partial charge is 0.488 e. The first-order chi connectivity index (χ1) is 10.5. The SMILES string of the molecule is CC(COc1ccc(F)cc1F)NC(=O)[C@H]1CCN[C@@H](C)C1.Cl. The molecule has 0 saturated carbocycles. The third-order valence-corrected chi connectivity index (χ3v) is 3.77. The zero-order chi connectivity index (χ0) is 16.1. The fraction of sp³-hybridized carbons (Fsp3) is 0.562. The number of benzene rings is 1. The van der Waals surface area contributed by atoms with Crippen molar-refractivity contribution in [3.63, 3.8) is 0 Å². The molecule has 1 saturated heterocycles. The minimum Gasteiger partial charge on any atom is -0.488 e. The summed E-state index contributed by atoms with van der Waals surface area (Å²) in [6, 6.07) is 3.24. The summed E-state index contributed by atoms with van der Waals surface area (Å²) in [5.74, 6) is -1.40. The van der Waals surface area contributed by atoms with Crippen molar-refractivity contribution in [2.24, 2.45) is 5.92 Å². The van der Waals surface area contributed by atoms with Gasteiger partial charge in [0.2, 0.25) is 5.91 Å². The quantitative estimate of drug-likeness (QED) is 0.860. The van der Waals surface area contributed by atoms with Crippen molar-refractivity contribution in [3.8, 4) is 5.75 Å². The van der Waals surface area contributed by atoms with Crippen LogP contribution < -0.4 is 15.4 Å². The number of hydrogen-bond acceptors (Lipinski definition) is 3. The molecule has 1 amide bonds. The normalized spacial score (nSPS) is 21.9. The summed E-state index contributed by atoms with van der Waals surface area (Å²) in [4.78, 5) is 12.2. The van der Waals surface area contributed by atoms with E-state index in [0.717, 1.165) is 31.5 Å². The van der Waals surface area contributed by atoms with Gasteiger partial charge in [0.1, 0.15) is 12.4 Å². The Labute approximate surface area is 141 Å². The van der Waals surface area contributed by atoms with Crippen molar-refractivity contribution in [1.29, 1.82) is 0 Å². The lowest BCUT2D eigenvalue weighted by atomic mass is 9.92. The third-order valence-electron chi connectivity index (χ3n) is 3.77. The first-order valence-electron chi connectivity index (χ1n) is 7.57. The van der Waals surface area contributed by atoms with Gasteiger partial charge in [-0.1, -0.05) is 0 Å². The van der Waals surface area contributed by atoms with E-state index in [1.54, 1.807) is 6.92 Å². The second-order valence-electron chi connectivity index (χ2n) is 5.87. The monoisotopic (exact) mass is 348 g/mol. The Morgan fingerprint density at radius 2 is 2.22 bits per heavy atom. The zero-order valence-corrected chi connectivity index (χ0v) is 14.1. The summed E-state index contributed by atoms with van der Waals surface area (Å²) in [5, 5.41) is 6.18. The van der Waals surface area contributed by atoms with Gasteiger partial charge < -0.3 is 15.4 Å². The number of amides is 1. The van der Waals surface area contributed by atoms with Crippen molar-refractivity contribution < 1.29 is 18.3 Å². The lowest BCUT2D eigenvalue weighted by Gasteiger charge is -2.28. The molecule has 130 valence electrons. The highest BCUT2D eigenvalue weighted by atomic mass is 35.5. The number of hydrogen-bond donors (Lipinski definition) is 2. The van der Waals surface area contributed by atoms with Gasteiger partial charge in [0.25, 0.3) is 0 Å². The average molecular weight is 349 g/mol. The van der Waals surface area contributed by atoms with Gasteiger partial charge in [-0.15, -0.1) is 12.4 Å². The van der Waals surface area contributed by atoms with Gasteiger partial charge in [-0.05, 0) is 45.4 Å². The number of carbonyl (C=O) groups is 1. The average Bonchev–Trinajstić information content (AvgIpc) is 2.46. The molecule has 7 heteroatoms. The standard InChI is InChI=1S/C16H22F2N2O2.ClH/c1-10-7-12(5-6-19-10)16(21)20-11(2)9-22-15-4-3-13(17)8-14(15)18;/h3-4,8,10-12,19H,5-7,9H2,1-2H3,(H,20,21);1H/t10-,11?,12-;/m0./s1. The van der Waals surface area contributed by atoms with E-state index in [9.17, 15) is 13.6 Å². The lowest BCUT2D eigenvalue weighted by molar-refractivity contribution is -0.126. The smallest absolute Gasteiger partial charge is 0.223 e. The topological polar surface area (TPSA) is 50.4 Å². The highest BCUT2D eigenvalue weighted by molar-refractivity contribution is 5.85. The number of piperidine rings is 1. The molecule has 1 aliphatic heterocycles. The molecule has 0 spiro atoms. The van der Waals surface area contributed by atoms with Crippen molar-refractivity contribution in [3.05, 3.63) is 29.8 Å². The first kappa shape index (κ1) is 19.6. The van der Waals surface area contributed by atoms with Crippen LogP contribution in [0.4, 0.5) is 8.78 Å². The Morgan fingerprint density at radius 3 is 2.87 bits per heavy atom. The molecule has 2 N–H and O–H groups in total. The van der Waals surface area contributed by atoms with Gasteiger partial charge in [0, 0.05) is 18.0 Å². The van der Waals surface area contributed by atoms with Crippen LogP contribution in [-0.2, 0) is 4.79 Å². The van der Waals surface area contributed by atoms with Crippen LogP contribution in [0.2, 0.25) is 0 Å². The summed E-state index contributed by atoms with van der Waals surface area (Å²) < 4.78 is 31.5. The number of ether oxygens (including phenoxy) is 1. The molecule has 1 aliphatic rings. The molecule has 0 aliphatic carbocycles. The molecule has 0 bridgehead atoms. The maximum Gasteiger partial charge on any atom is 0.223 e. The maximum atomic E-state index is 13.4. The maximum absolute atomic E-state index is 13.4. The highest BCUT2D eigenvalue weighted by Crippen LogP contribution is 2.18. The van der Waals surface area contributed by atoms with Crippen molar-refractivity contribution >= 4 is 18.3 Å². The van der Waals surface area contributed by atoms with Crippen LogP contribution in [0.3, 0.4) is 0 Å². The van der Waals surface area contributed by atoms with Crippen molar-refractivity contribution in [1.82, 2.24) is 10.6 Å². The van der Waals surface area contributed by atoms with Crippen LogP contribution in [-0.4, -0.2) is 31.1 Å². The van der Waals surface area contributed by atoms with Crippen LogP contribution in [0.1, 0.15) is 26.7 Å². The van der Waals surface area contributed by atoms with Gasteiger partial charge in [0.05, 0.1) is 6.04 Å². The Morgan fingerprint density at radius 1 is 1.48 bits per heavy atom. The molecular weight excluding hydrogens is 326 g/mol. The molecule has 1 aromatic rings. The Kier molecular flexibility index (Phi) is 7.72. The summed E-state index contributed by atoms with van der Waals surface area (Å²) in [7, 11) is 0. The van der Waals surface area contributed by atoms with Crippen LogP contribution in [0.5, 0.6) is 5.75 Å². The second kappa shape index (κ2) is 9.03. The van der Waals surface area contributed by atoms with Gasteiger partial charge in [-0.3, -0.25) is 4.79 Å². The van der Waals surface area contributed by atoms with E-state index in [1.165, 1.54) is 6.07 Å². The van der Waals surface area contributed by atoms with E-state index in [0.29, 0.717) is 6.04 Å². The molecule has 1 unspecified atom stereocenters. The van der Waals surface area contributed by atoms with Crippen molar-refractivity contribution in [2.45, 2.75) is 38.8 Å².